The topological polar surface area (TPSA) is 36.8 Å². The van der Waals surface area contributed by atoms with Gasteiger partial charge in [0.15, 0.2) is 6.17 Å². The highest BCUT2D eigenvalue weighted by molar-refractivity contribution is 6.16. The van der Waals surface area contributed by atoms with E-state index in [1.54, 1.807) is 0 Å². The first-order valence-corrected chi connectivity index (χ1v) is 16.7. The lowest BCUT2D eigenvalue weighted by Gasteiger charge is -2.23. The van der Waals surface area contributed by atoms with E-state index in [0.29, 0.717) is 22.8 Å². The predicted molar refractivity (Wildman–Crippen MR) is 210 cm³/mol. The van der Waals surface area contributed by atoms with Gasteiger partial charge in [-0.15, -0.1) is 0 Å². The molecule has 0 radical (unpaired) electrons. The Hall–Kier alpha value is -6.58. The van der Waals surface area contributed by atoms with E-state index in [1.165, 1.54) is 5.56 Å². The summed E-state index contributed by atoms with van der Waals surface area (Å²) in [5.41, 5.74) is 7.22. The molecule has 0 amide bonds. The summed E-state index contributed by atoms with van der Waals surface area (Å²) in [5.74, 6) is 1.08. The summed E-state index contributed by atoms with van der Waals surface area (Å²) in [6, 6.07) is 54.1. The van der Waals surface area contributed by atoms with Crippen molar-refractivity contribution < 1.29 is 5.48 Å². The second-order valence-corrected chi connectivity index (χ2v) is 12.3. The van der Waals surface area contributed by atoms with Crippen molar-refractivity contribution in [3.63, 3.8) is 0 Å². The average Bonchev–Trinajstić information content (AvgIpc) is 3.23. The van der Waals surface area contributed by atoms with Crippen LogP contribution in [0.2, 0.25) is 0 Å². The highest BCUT2D eigenvalue weighted by atomic mass is 15.2. The molecule has 0 bridgehead atoms. The van der Waals surface area contributed by atoms with Gasteiger partial charge in [0, 0.05) is 11.1 Å². The molecular formula is C47H33N3. The lowest BCUT2D eigenvalue weighted by Crippen LogP contribution is -2.36. The van der Waals surface area contributed by atoms with E-state index in [4.69, 9.17) is 14.1 Å². The quantitative estimate of drug-likeness (QED) is 0.192. The Labute approximate surface area is 297 Å². The first kappa shape index (κ1) is 25.4. The predicted octanol–water partition coefficient (Wildman–Crippen LogP) is 11.5. The zero-order chi connectivity index (χ0) is 36.8. The number of fused-ring (bicyclic) bond motifs is 2. The highest BCUT2D eigenvalue weighted by Crippen LogP contribution is 2.37. The second-order valence-electron chi connectivity index (χ2n) is 12.3. The van der Waals surface area contributed by atoms with E-state index in [0.717, 1.165) is 49.4 Å². The molecule has 0 aromatic heterocycles. The van der Waals surface area contributed by atoms with Crippen LogP contribution in [0.1, 0.15) is 28.3 Å². The summed E-state index contributed by atoms with van der Waals surface area (Å²) >= 11 is 0. The van der Waals surface area contributed by atoms with E-state index in [-0.39, 0.29) is 29.7 Å². The maximum absolute atomic E-state index is 9.54. The molecule has 1 aliphatic heterocycles. The van der Waals surface area contributed by atoms with E-state index in [2.05, 4.69) is 78.1 Å². The van der Waals surface area contributed by atoms with E-state index < -0.39 is 6.17 Å². The molecule has 0 saturated carbocycles. The Balaban J connectivity index is 1.20. The molecule has 8 aromatic rings. The lowest BCUT2D eigenvalue weighted by molar-refractivity contribution is 0.756. The third-order valence-electron chi connectivity index (χ3n) is 9.20. The smallest absolute Gasteiger partial charge is 0.169 e. The number of hydrogen-bond donors (Lipinski definition) is 1. The van der Waals surface area contributed by atoms with Crippen LogP contribution < -0.4 is 5.32 Å². The van der Waals surface area contributed by atoms with Crippen LogP contribution in [0, 0.1) is 0 Å². The molecule has 1 unspecified atom stereocenters. The summed E-state index contributed by atoms with van der Waals surface area (Å²) in [4.78, 5) is 10.1. The van der Waals surface area contributed by atoms with Crippen LogP contribution in [0.3, 0.4) is 0 Å². The van der Waals surface area contributed by atoms with Gasteiger partial charge in [-0.25, -0.2) is 9.98 Å². The Morgan fingerprint density at radius 1 is 0.440 bits per heavy atom. The van der Waals surface area contributed by atoms with Gasteiger partial charge < -0.3 is 5.32 Å². The molecule has 0 saturated heterocycles. The molecule has 1 aliphatic rings. The first-order valence-electron chi connectivity index (χ1n) is 18.7. The largest absolute Gasteiger partial charge is 0.324 e. The standard InChI is InChI=1S/C47H33N3/c1-3-14-32(15-4-1)41-28-29-42(44-26-10-9-25-43(41)44)36-21-12-23-38(31-36)47-49-45(34-17-5-2-6-18-34)48-46(50-47)37-22-11-20-35(30-37)40-27-13-19-33-16-7-8-24-39(33)40/h1-31,46H,(H,48,49,50)/i11D,20D,22D,30D. The van der Waals surface area contributed by atoms with E-state index in [9.17, 15) is 1.37 Å². The maximum Gasteiger partial charge on any atom is 0.169 e. The van der Waals surface area contributed by atoms with Gasteiger partial charge in [0.2, 0.25) is 0 Å². The Kier molecular flexibility index (Phi) is 6.51. The van der Waals surface area contributed by atoms with Crippen LogP contribution in [0.4, 0.5) is 0 Å². The Bertz CT molecular complexity index is 2790. The fourth-order valence-corrected chi connectivity index (χ4v) is 6.79. The third kappa shape index (κ3) is 5.55. The van der Waals surface area contributed by atoms with Crippen molar-refractivity contribution in [2.75, 3.05) is 0 Å². The zero-order valence-electron chi connectivity index (χ0n) is 31.1. The number of nitrogens with zero attached hydrogens (tertiary/aromatic N) is 2. The Morgan fingerprint density at radius 2 is 0.980 bits per heavy atom. The molecule has 0 fully saturated rings. The molecule has 0 spiro atoms. The lowest BCUT2D eigenvalue weighted by atomic mass is 9.91. The number of hydrogen-bond acceptors (Lipinski definition) is 3. The van der Waals surface area contributed by atoms with Crippen molar-refractivity contribution in [2.24, 2.45) is 9.98 Å². The number of benzene rings is 8. The fourth-order valence-electron chi connectivity index (χ4n) is 6.79. The van der Waals surface area contributed by atoms with Crippen LogP contribution in [0.25, 0.3) is 54.9 Å². The van der Waals surface area contributed by atoms with Crippen molar-refractivity contribution in [2.45, 2.75) is 6.17 Å². The average molecular weight is 644 g/mol. The second kappa shape index (κ2) is 12.8. The van der Waals surface area contributed by atoms with Crippen LogP contribution in [0.5, 0.6) is 0 Å². The van der Waals surface area contributed by atoms with Crippen LogP contribution in [-0.2, 0) is 0 Å². The van der Waals surface area contributed by atoms with Gasteiger partial charge in [-0.3, -0.25) is 0 Å². The molecule has 9 rings (SSSR count). The normalized spacial score (nSPS) is 15.3. The molecule has 0 aliphatic carbocycles. The van der Waals surface area contributed by atoms with Crippen molar-refractivity contribution in [3.8, 4) is 33.4 Å². The molecule has 1 N–H and O–H groups in total. The Morgan fingerprint density at radius 3 is 1.74 bits per heavy atom. The SMILES string of the molecule is [2H]c1c([2H])c(-c2cccc3ccccc23)c([2H])c(C2N=C(c3ccccc3)NC(c3cccc(-c4ccc(-c5ccccc5)c5ccccc45)c3)=N2)c1[2H]. The van der Waals surface area contributed by atoms with E-state index >= 15 is 0 Å². The molecule has 8 aromatic carbocycles. The summed E-state index contributed by atoms with van der Waals surface area (Å²) in [5, 5.41) is 7.59. The van der Waals surface area contributed by atoms with Gasteiger partial charge in [-0.05, 0) is 72.6 Å². The van der Waals surface area contributed by atoms with Gasteiger partial charge in [-0.1, -0.05) is 176 Å². The van der Waals surface area contributed by atoms with Crippen LogP contribution in [0.15, 0.2) is 198 Å². The monoisotopic (exact) mass is 643 g/mol. The molecule has 1 heterocycles. The highest BCUT2D eigenvalue weighted by Gasteiger charge is 2.22. The fraction of sp³-hybridized carbons (Fsp3) is 0.0213. The third-order valence-corrected chi connectivity index (χ3v) is 9.20. The molecule has 3 heteroatoms. The van der Waals surface area contributed by atoms with Crippen molar-refractivity contribution >= 4 is 33.2 Å². The van der Waals surface area contributed by atoms with Gasteiger partial charge >= 0.3 is 0 Å². The first-order chi connectivity index (χ1) is 26.5. The number of nitrogens with one attached hydrogen (secondary N) is 1. The van der Waals surface area contributed by atoms with Crippen LogP contribution >= 0.6 is 0 Å². The number of aliphatic imine (C=N–C) groups is 2. The van der Waals surface area contributed by atoms with Crippen LogP contribution in [-0.4, -0.2) is 11.7 Å². The minimum atomic E-state index is -1.01. The number of amidine groups is 2. The molecule has 236 valence electrons. The minimum Gasteiger partial charge on any atom is -0.324 e. The summed E-state index contributed by atoms with van der Waals surface area (Å²) < 4.78 is 36.5. The number of rotatable bonds is 6. The summed E-state index contributed by atoms with van der Waals surface area (Å²) in [6.07, 6.45) is -1.01. The summed E-state index contributed by atoms with van der Waals surface area (Å²) in [6.45, 7) is 0. The van der Waals surface area contributed by atoms with Gasteiger partial charge in [0.25, 0.3) is 0 Å². The van der Waals surface area contributed by atoms with Gasteiger partial charge in [0.05, 0.1) is 5.48 Å². The minimum absolute atomic E-state index is 0.0257. The molecule has 3 nitrogen and oxygen atoms in total. The molecular weight excluding hydrogens is 607 g/mol. The maximum atomic E-state index is 9.54. The van der Waals surface area contributed by atoms with E-state index in [1.807, 2.05) is 91.0 Å². The van der Waals surface area contributed by atoms with Crippen molar-refractivity contribution in [1.29, 1.82) is 0 Å². The van der Waals surface area contributed by atoms with Gasteiger partial charge in [-0.2, -0.15) is 0 Å². The molecule has 50 heavy (non-hydrogen) atoms. The van der Waals surface area contributed by atoms with Crippen molar-refractivity contribution in [1.82, 2.24) is 5.32 Å². The van der Waals surface area contributed by atoms with Gasteiger partial charge in [0.1, 0.15) is 11.7 Å². The zero-order valence-corrected chi connectivity index (χ0v) is 27.1. The molecule has 1 atom stereocenters. The summed E-state index contributed by atoms with van der Waals surface area (Å²) in [7, 11) is 0. The van der Waals surface area contributed by atoms with Crippen molar-refractivity contribution in [3.05, 3.63) is 205 Å².